The molecule has 1 spiro atoms. The van der Waals surface area contributed by atoms with Crippen molar-refractivity contribution in [1.82, 2.24) is 10.2 Å². The van der Waals surface area contributed by atoms with E-state index in [9.17, 15) is 14.4 Å². The fourth-order valence-electron chi connectivity index (χ4n) is 7.21. The highest BCUT2D eigenvalue weighted by Gasteiger charge is 2.72. The molecule has 218 valence electrons. The maximum absolute atomic E-state index is 14.1. The summed E-state index contributed by atoms with van der Waals surface area (Å²) >= 11 is 0. The molecule has 3 fully saturated rings. The number of carbonyl (C=O) groups excluding carboxylic acids is 3. The fourth-order valence-corrected chi connectivity index (χ4v) is 7.21. The first-order chi connectivity index (χ1) is 19.2. The van der Waals surface area contributed by atoms with Crippen LogP contribution in [0.25, 0.3) is 0 Å². The van der Waals surface area contributed by atoms with Crippen molar-refractivity contribution < 1.29 is 23.9 Å². The minimum atomic E-state index is -1.15. The van der Waals surface area contributed by atoms with Crippen molar-refractivity contribution in [2.24, 2.45) is 23.7 Å². The normalized spacial score (nSPS) is 34.4. The molecule has 40 heavy (non-hydrogen) atoms. The molecule has 5 rings (SSSR count). The van der Waals surface area contributed by atoms with Crippen LogP contribution in [0.1, 0.15) is 71.8 Å². The standard InChI is InChI=1S/C32H45N3O5/c1-6-39-18-8-17-35-28(30(37)34-24-10-7-9-20(4)21(24)5)32-16-15-25(40-32)26(27(32)31(35)38)29(36)33-23-13-11-22(12-14-23)19(2)3/h11-16,19-21,24-28H,6-10,17-18H2,1-5H3,(H,33,36)(H,34,37)/t20-,21-,24-,25-,26-,27-,28+,32+/m1/s1. The van der Waals surface area contributed by atoms with Gasteiger partial charge in [0.15, 0.2) is 0 Å². The molecule has 0 aromatic heterocycles. The third kappa shape index (κ3) is 5.09. The Balaban J connectivity index is 1.39. The summed E-state index contributed by atoms with van der Waals surface area (Å²) < 4.78 is 12.0. The number of nitrogens with zero attached hydrogens (tertiary/aromatic N) is 1. The van der Waals surface area contributed by atoms with Crippen molar-refractivity contribution in [3.8, 4) is 0 Å². The van der Waals surface area contributed by atoms with Gasteiger partial charge in [-0.2, -0.15) is 0 Å². The number of likely N-dealkylation sites (tertiary alicyclic amines) is 1. The Labute approximate surface area is 238 Å². The lowest BCUT2D eigenvalue weighted by Gasteiger charge is -2.38. The van der Waals surface area contributed by atoms with E-state index in [1.54, 1.807) is 4.90 Å². The quantitative estimate of drug-likeness (QED) is 0.335. The highest BCUT2D eigenvalue weighted by molar-refractivity contribution is 6.02. The highest BCUT2D eigenvalue weighted by Crippen LogP contribution is 2.55. The van der Waals surface area contributed by atoms with Crippen LogP contribution < -0.4 is 10.6 Å². The number of anilines is 1. The molecule has 3 heterocycles. The van der Waals surface area contributed by atoms with Gasteiger partial charge in [-0.1, -0.05) is 64.8 Å². The van der Waals surface area contributed by atoms with Crippen LogP contribution in [0.5, 0.6) is 0 Å². The Morgan fingerprint density at radius 2 is 1.90 bits per heavy atom. The number of ether oxygens (including phenoxy) is 2. The second kappa shape index (κ2) is 11.6. The number of benzene rings is 1. The Hall–Kier alpha value is -2.71. The van der Waals surface area contributed by atoms with Crippen LogP contribution in [0.4, 0.5) is 5.69 Å². The Bertz CT molecular complexity index is 1130. The molecule has 2 N–H and O–H groups in total. The number of hydrogen-bond acceptors (Lipinski definition) is 5. The van der Waals surface area contributed by atoms with E-state index >= 15 is 0 Å². The molecule has 2 bridgehead atoms. The lowest BCUT2D eigenvalue weighted by molar-refractivity contribution is -0.141. The maximum atomic E-state index is 14.1. The van der Waals surface area contributed by atoms with Gasteiger partial charge < -0.3 is 25.0 Å². The van der Waals surface area contributed by atoms with Gasteiger partial charge in [0, 0.05) is 31.5 Å². The highest BCUT2D eigenvalue weighted by atomic mass is 16.5. The summed E-state index contributed by atoms with van der Waals surface area (Å²) in [5, 5.41) is 6.32. The van der Waals surface area contributed by atoms with Gasteiger partial charge in [-0.25, -0.2) is 0 Å². The van der Waals surface area contributed by atoms with Crippen molar-refractivity contribution in [2.75, 3.05) is 25.1 Å². The number of nitrogens with one attached hydrogen (secondary N) is 2. The molecule has 2 saturated heterocycles. The molecule has 8 atom stereocenters. The molecule has 8 nitrogen and oxygen atoms in total. The van der Waals surface area contributed by atoms with Crippen molar-refractivity contribution in [1.29, 1.82) is 0 Å². The lowest BCUT2D eigenvalue weighted by atomic mass is 9.73. The topological polar surface area (TPSA) is 97.0 Å². The van der Waals surface area contributed by atoms with E-state index in [1.165, 1.54) is 5.56 Å². The molecule has 8 heteroatoms. The molecule has 1 aromatic rings. The maximum Gasteiger partial charge on any atom is 0.246 e. The average molecular weight is 552 g/mol. The van der Waals surface area contributed by atoms with Crippen LogP contribution in [-0.4, -0.2) is 66.2 Å². The van der Waals surface area contributed by atoms with Gasteiger partial charge in [0.05, 0.1) is 17.9 Å². The molecular formula is C32H45N3O5. The average Bonchev–Trinajstić information content (AvgIpc) is 3.57. The number of amides is 3. The summed E-state index contributed by atoms with van der Waals surface area (Å²) in [6.07, 6.45) is 6.97. The predicted octanol–water partition coefficient (Wildman–Crippen LogP) is 4.27. The van der Waals surface area contributed by atoms with Crippen molar-refractivity contribution >= 4 is 23.4 Å². The van der Waals surface area contributed by atoms with Gasteiger partial charge in [-0.05, 0) is 55.2 Å². The minimum absolute atomic E-state index is 0.0579. The molecular weight excluding hydrogens is 506 g/mol. The fraction of sp³-hybridized carbons (Fsp3) is 0.656. The van der Waals surface area contributed by atoms with Gasteiger partial charge in [-0.3, -0.25) is 14.4 Å². The Morgan fingerprint density at radius 1 is 1.15 bits per heavy atom. The van der Waals surface area contributed by atoms with E-state index in [4.69, 9.17) is 9.47 Å². The predicted molar refractivity (Wildman–Crippen MR) is 154 cm³/mol. The molecule has 1 aromatic carbocycles. The van der Waals surface area contributed by atoms with Gasteiger partial charge >= 0.3 is 0 Å². The van der Waals surface area contributed by atoms with Crippen molar-refractivity contribution in [2.45, 2.75) is 90.0 Å². The number of carbonyl (C=O) groups is 3. The van der Waals surface area contributed by atoms with E-state index in [1.807, 2.05) is 43.3 Å². The number of fused-ring (bicyclic) bond motifs is 1. The van der Waals surface area contributed by atoms with Gasteiger partial charge in [-0.15, -0.1) is 0 Å². The first-order valence-corrected chi connectivity index (χ1v) is 15.1. The first kappa shape index (κ1) is 28.8. The first-order valence-electron chi connectivity index (χ1n) is 15.1. The second-order valence-corrected chi connectivity index (χ2v) is 12.4. The van der Waals surface area contributed by atoms with Crippen LogP contribution in [0, 0.1) is 23.7 Å². The summed E-state index contributed by atoms with van der Waals surface area (Å²) in [4.78, 5) is 43.4. The lowest BCUT2D eigenvalue weighted by Crippen LogP contribution is -2.58. The Kier molecular flexibility index (Phi) is 8.39. The summed E-state index contributed by atoms with van der Waals surface area (Å²) in [7, 11) is 0. The smallest absolute Gasteiger partial charge is 0.246 e. The SMILES string of the molecule is CCOCCCN1C(=O)[C@H]2[C@H](C(=O)Nc3ccc(C(C)C)cc3)[C@H]3C=C[C@@]2(O3)[C@@H]1C(=O)N[C@@H]1CCC[C@@H](C)[C@H]1C. The molecule has 0 radical (unpaired) electrons. The van der Waals surface area contributed by atoms with Crippen molar-refractivity contribution in [3.63, 3.8) is 0 Å². The van der Waals surface area contributed by atoms with Crippen LogP contribution in [0.3, 0.4) is 0 Å². The summed E-state index contributed by atoms with van der Waals surface area (Å²) in [5.74, 6) is -0.813. The van der Waals surface area contributed by atoms with Crippen LogP contribution in [0.2, 0.25) is 0 Å². The third-order valence-corrected chi connectivity index (χ3v) is 9.70. The number of hydrogen-bond donors (Lipinski definition) is 2. The van der Waals surface area contributed by atoms with Gasteiger partial charge in [0.1, 0.15) is 11.6 Å². The zero-order valence-electron chi connectivity index (χ0n) is 24.5. The monoisotopic (exact) mass is 551 g/mol. The van der Waals surface area contributed by atoms with Crippen LogP contribution >= 0.6 is 0 Å². The molecule has 3 amide bonds. The zero-order chi connectivity index (χ0) is 28.6. The third-order valence-electron chi connectivity index (χ3n) is 9.70. The summed E-state index contributed by atoms with van der Waals surface area (Å²) in [5.41, 5.74) is 0.723. The van der Waals surface area contributed by atoms with E-state index in [-0.39, 0.29) is 23.8 Å². The van der Waals surface area contributed by atoms with Crippen LogP contribution in [-0.2, 0) is 23.9 Å². The van der Waals surface area contributed by atoms with Gasteiger partial charge in [0.2, 0.25) is 17.7 Å². The van der Waals surface area contributed by atoms with Gasteiger partial charge in [0.25, 0.3) is 0 Å². The Morgan fingerprint density at radius 3 is 2.60 bits per heavy atom. The van der Waals surface area contributed by atoms with E-state index in [0.29, 0.717) is 49.6 Å². The van der Waals surface area contributed by atoms with E-state index in [2.05, 4.69) is 38.3 Å². The number of rotatable bonds is 10. The molecule has 3 aliphatic heterocycles. The minimum Gasteiger partial charge on any atom is -0.382 e. The van der Waals surface area contributed by atoms with Crippen molar-refractivity contribution in [3.05, 3.63) is 42.0 Å². The van der Waals surface area contributed by atoms with Crippen LogP contribution in [0.15, 0.2) is 36.4 Å². The summed E-state index contributed by atoms with van der Waals surface area (Å²) in [6.45, 7) is 12.1. The molecule has 0 unspecified atom stereocenters. The molecule has 1 saturated carbocycles. The summed E-state index contributed by atoms with van der Waals surface area (Å²) in [6, 6.07) is 7.04. The van der Waals surface area contributed by atoms with E-state index in [0.717, 1.165) is 19.3 Å². The molecule has 1 aliphatic carbocycles. The second-order valence-electron chi connectivity index (χ2n) is 12.4. The zero-order valence-corrected chi connectivity index (χ0v) is 24.5. The molecule has 4 aliphatic rings. The van der Waals surface area contributed by atoms with E-state index < -0.39 is 29.6 Å². The largest absolute Gasteiger partial charge is 0.382 e.